The Balaban J connectivity index is 2.50. The van der Waals surface area contributed by atoms with E-state index in [4.69, 9.17) is 0 Å². The van der Waals surface area contributed by atoms with Crippen molar-refractivity contribution in [1.82, 2.24) is 14.8 Å². The van der Waals surface area contributed by atoms with Crippen LogP contribution in [0.3, 0.4) is 0 Å². The SMILES string of the molecule is CCCN(CCN(C)C)Cc1ccc(Br)cn1. The van der Waals surface area contributed by atoms with E-state index in [2.05, 4.69) is 63.9 Å². The Morgan fingerprint density at radius 2 is 1.94 bits per heavy atom. The quantitative estimate of drug-likeness (QED) is 0.771. The zero-order valence-electron chi connectivity index (χ0n) is 11.0. The number of pyridine rings is 1. The molecule has 0 aliphatic heterocycles. The van der Waals surface area contributed by atoms with E-state index < -0.39 is 0 Å². The van der Waals surface area contributed by atoms with E-state index in [-0.39, 0.29) is 0 Å². The van der Waals surface area contributed by atoms with Gasteiger partial charge < -0.3 is 4.90 Å². The molecule has 1 heterocycles. The van der Waals surface area contributed by atoms with Gasteiger partial charge in [0.15, 0.2) is 0 Å². The molecule has 0 saturated carbocycles. The van der Waals surface area contributed by atoms with Crippen molar-refractivity contribution in [3.8, 4) is 0 Å². The molecular weight excluding hydrogens is 278 g/mol. The topological polar surface area (TPSA) is 19.4 Å². The number of rotatable bonds is 7. The van der Waals surface area contributed by atoms with Crippen LogP contribution in [0.1, 0.15) is 19.0 Å². The van der Waals surface area contributed by atoms with Gasteiger partial charge in [0.25, 0.3) is 0 Å². The van der Waals surface area contributed by atoms with Crippen LogP contribution < -0.4 is 0 Å². The first-order chi connectivity index (χ1) is 8.11. The van der Waals surface area contributed by atoms with Crippen molar-refractivity contribution < 1.29 is 0 Å². The average Bonchev–Trinajstić information content (AvgIpc) is 2.29. The van der Waals surface area contributed by atoms with Gasteiger partial charge in [-0.2, -0.15) is 0 Å². The molecule has 96 valence electrons. The molecule has 0 amide bonds. The molecule has 0 N–H and O–H groups in total. The Morgan fingerprint density at radius 1 is 1.18 bits per heavy atom. The lowest BCUT2D eigenvalue weighted by atomic mass is 10.3. The van der Waals surface area contributed by atoms with Crippen molar-refractivity contribution in [3.05, 3.63) is 28.5 Å². The number of halogens is 1. The number of hydrogen-bond donors (Lipinski definition) is 0. The molecule has 0 atom stereocenters. The van der Waals surface area contributed by atoms with Gasteiger partial charge in [-0.25, -0.2) is 0 Å². The summed E-state index contributed by atoms with van der Waals surface area (Å²) >= 11 is 3.41. The molecule has 1 aromatic heterocycles. The van der Waals surface area contributed by atoms with Crippen LogP contribution in [0.15, 0.2) is 22.8 Å². The summed E-state index contributed by atoms with van der Waals surface area (Å²) in [7, 11) is 4.23. The first kappa shape index (κ1) is 14.6. The minimum Gasteiger partial charge on any atom is -0.308 e. The predicted molar refractivity (Wildman–Crippen MR) is 76.1 cm³/mol. The number of likely N-dealkylation sites (N-methyl/N-ethyl adjacent to an activating group) is 1. The molecular formula is C13H22BrN3. The number of aromatic nitrogens is 1. The Morgan fingerprint density at radius 3 is 2.47 bits per heavy atom. The predicted octanol–water partition coefficient (Wildman–Crippen LogP) is 2.62. The molecule has 0 saturated heterocycles. The molecule has 3 nitrogen and oxygen atoms in total. The highest BCUT2D eigenvalue weighted by atomic mass is 79.9. The summed E-state index contributed by atoms with van der Waals surface area (Å²) in [6.07, 6.45) is 3.05. The average molecular weight is 300 g/mol. The van der Waals surface area contributed by atoms with Gasteiger partial charge in [-0.1, -0.05) is 6.92 Å². The first-order valence-corrected chi connectivity index (χ1v) is 6.88. The molecule has 0 bridgehead atoms. The first-order valence-electron chi connectivity index (χ1n) is 6.09. The molecule has 0 aliphatic rings. The van der Waals surface area contributed by atoms with E-state index in [1.807, 2.05) is 6.20 Å². The van der Waals surface area contributed by atoms with Crippen molar-refractivity contribution in [2.75, 3.05) is 33.7 Å². The lowest BCUT2D eigenvalue weighted by molar-refractivity contribution is 0.232. The van der Waals surface area contributed by atoms with E-state index in [1.54, 1.807) is 0 Å². The van der Waals surface area contributed by atoms with E-state index in [1.165, 1.54) is 6.42 Å². The largest absolute Gasteiger partial charge is 0.308 e. The molecule has 0 aliphatic carbocycles. The van der Waals surface area contributed by atoms with Crippen LogP contribution >= 0.6 is 15.9 Å². The highest BCUT2D eigenvalue weighted by Crippen LogP contribution is 2.09. The van der Waals surface area contributed by atoms with Crippen molar-refractivity contribution in [2.45, 2.75) is 19.9 Å². The molecule has 0 spiro atoms. The third kappa shape index (κ3) is 6.15. The molecule has 0 radical (unpaired) electrons. The molecule has 1 rings (SSSR count). The summed E-state index contributed by atoms with van der Waals surface area (Å²) in [5.41, 5.74) is 1.14. The second-order valence-corrected chi connectivity index (χ2v) is 5.46. The van der Waals surface area contributed by atoms with Crippen molar-refractivity contribution in [3.63, 3.8) is 0 Å². The molecule has 0 aromatic carbocycles. The monoisotopic (exact) mass is 299 g/mol. The number of nitrogens with zero attached hydrogens (tertiary/aromatic N) is 3. The highest BCUT2D eigenvalue weighted by Gasteiger charge is 2.06. The second-order valence-electron chi connectivity index (χ2n) is 4.55. The Labute approximate surface area is 113 Å². The summed E-state index contributed by atoms with van der Waals surface area (Å²) in [4.78, 5) is 9.10. The molecule has 17 heavy (non-hydrogen) atoms. The maximum absolute atomic E-state index is 4.43. The van der Waals surface area contributed by atoms with Gasteiger partial charge in [-0.3, -0.25) is 9.88 Å². The van der Waals surface area contributed by atoms with Crippen molar-refractivity contribution in [2.24, 2.45) is 0 Å². The van der Waals surface area contributed by atoms with Gasteiger partial charge in [0.1, 0.15) is 0 Å². The van der Waals surface area contributed by atoms with Gasteiger partial charge in [0.05, 0.1) is 5.69 Å². The third-order valence-electron chi connectivity index (χ3n) is 2.58. The molecule has 0 unspecified atom stereocenters. The maximum atomic E-state index is 4.43. The molecule has 1 aromatic rings. The van der Waals surface area contributed by atoms with Crippen LogP contribution in [-0.2, 0) is 6.54 Å². The standard InChI is InChI=1S/C13H22BrN3/c1-4-7-17(9-8-16(2)3)11-13-6-5-12(14)10-15-13/h5-6,10H,4,7-9,11H2,1-3H3. The normalized spacial score (nSPS) is 11.4. The fraction of sp³-hybridized carbons (Fsp3) is 0.615. The lowest BCUT2D eigenvalue weighted by Crippen LogP contribution is -2.32. The second kappa shape index (κ2) is 7.80. The van der Waals surface area contributed by atoms with Crippen LogP contribution in [0.4, 0.5) is 0 Å². The zero-order valence-corrected chi connectivity index (χ0v) is 12.6. The maximum Gasteiger partial charge on any atom is 0.0544 e. The minimum atomic E-state index is 0.939. The smallest absolute Gasteiger partial charge is 0.0544 e. The fourth-order valence-corrected chi connectivity index (χ4v) is 1.89. The molecule has 0 fully saturated rings. The lowest BCUT2D eigenvalue weighted by Gasteiger charge is -2.23. The van der Waals surface area contributed by atoms with Crippen LogP contribution in [0, 0.1) is 0 Å². The summed E-state index contributed by atoms with van der Waals surface area (Å²) in [5, 5.41) is 0. The van der Waals surface area contributed by atoms with Crippen LogP contribution in [-0.4, -0.2) is 48.5 Å². The Bertz CT molecular complexity index is 311. The van der Waals surface area contributed by atoms with Gasteiger partial charge in [-0.15, -0.1) is 0 Å². The van der Waals surface area contributed by atoms with Gasteiger partial charge in [-0.05, 0) is 55.1 Å². The van der Waals surface area contributed by atoms with Crippen LogP contribution in [0.25, 0.3) is 0 Å². The summed E-state index contributed by atoms with van der Waals surface area (Å²) in [6.45, 7) is 6.48. The van der Waals surface area contributed by atoms with Crippen molar-refractivity contribution >= 4 is 15.9 Å². The Hall–Kier alpha value is -0.450. The summed E-state index contributed by atoms with van der Waals surface area (Å²) in [5.74, 6) is 0. The summed E-state index contributed by atoms with van der Waals surface area (Å²) in [6, 6.07) is 4.14. The van der Waals surface area contributed by atoms with Crippen LogP contribution in [0.2, 0.25) is 0 Å². The van der Waals surface area contributed by atoms with Gasteiger partial charge in [0, 0.05) is 30.3 Å². The summed E-state index contributed by atoms with van der Waals surface area (Å²) < 4.78 is 1.04. The van der Waals surface area contributed by atoms with E-state index in [0.29, 0.717) is 0 Å². The van der Waals surface area contributed by atoms with E-state index >= 15 is 0 Å². The van der Waals surface area contributed by atoms with Gasteiger partial charge >= 0.3 is 0 Å². The van der Waals surface area contributed by atoms with E-state index in [0.717, 1.165) is 36.3 Å². The molecule has 4 heteroatoms. The van der Waals surface area contributed by atoms with Crippen molar-refractivity contribution in [1.29, 1.82) is 0 Å². The van der Waals surface area contributed by atoms with E-state index in [9.17, 15) is 0 Å². The van der Waals surface area contributed by atoms with Crippen LogP contribution in [0.5, 0.6) is 0 Å². The van der Waals surface area contributed by atoms with Gasteiger partial charge in [0.2, 0.25) is 0 Å². The minimum absolute atomic E-state index is 0.939. The third-order valence-corrected chi connectivity index (χ3v) is 3.05. The highest BCUT2D eigenvalue weighted by molar-refractivity contribution is 9.10. The Kier molecular flexibility index (Phi) is 6.70. The number of hydrogen-bond acceptors (Lipinski definition) is 3. The fourth-order valence-electron chi connectivity index (χ4n) is 1.66. The zero-order chi connectivity index (χ0) is 12.7.